The van der Waals surface area contributed by atoms with E-state index in [1.54, 1.807) is 42.6 Å². The molecule has 0 aliphatic heterocycles. The Morgan fingerprint density at radius 1 is 0.618 bits per heavy atom. The Labute approximate surface area is 392 Å². The van der Waals surface area contributed by atoms with Crippen molar-refractivity contribution in [1.29, 1.82) is 0 Å². The lowest BCUT2D eigenvalue weighted by Crippen LogP contribution is -2.59. The third-order valence-corrected chi connectivity index (χ3v) is 11.8. The normalized spacial score (nSPS) is 13.4. The fourth-order valence-corrected chi connectivity index (χ4v) is 8.05. The number of benzene rings is 5. The van der Waals surface area contributed by atoms with E-state index in [-0.39, 0.29) is 31.2 Å². The number of carbonyl (C=O) groups excluding carboxylic acids is 5. The number of carboxylic acids is 1. The number of rotatable bonds is 22. The minimum atomic E-state index is -1.24. The number of aromatic carboxylic acids is 1. The van der Waals surface area contributed by atoms with Crippen molar-refractivity contribution in [3.05, 3.63) is 156 Å². The van der Waals surface area contributed by atoms with Crippen LogP contribution in [-0.4, -0.2) is 87.3 Å². The number of aromatic amines is 1. The van der Waals surface area contributed by atoms with Crippen LogP contribution in [0.4, 0.5) is 5.82 Å². The molecule has 5 atom stereocenters. The zero-order valence-electron chi connectivity index (χ0n) is 37.5. The second-order valence-corrected chi connectivity index (χ2v) is 16.9. The van der Waals surface area contributed by atoms with Crippen LogP contribution >= 0.6 is 0 Å². The van der Waals surface area contributed by atoms with Gasteiger partial charge in [0, 0.05) is 48.3 Å². The molecule has 0 saturated carbocycles. The Morgan fingerprint density at radius 3 is 1.94 bits per heavy atom. The predicted molar refractivity (Wildman–Crippen MR) is 261 cm³/mol. The van der Waals surface area contributed by atoms with Gasteiger partial charge in [0.2, 0.25) is 29.5 Å². The second kappa shape index (κ2) is 22.4. The maximum atomic E-state index is 14.6. The molecule has 2 aromatic heterocycles. The fourth-order valence-electron chi connectivity index (χ4n) is 8.05. The highest BCUT2D eigenvalue weighted by atomic mass is 16.4. The van der Waals surface area contributed by atoms with Crippen molar-refractivity contribution < 1.29 is 33.9 Å². The number of carboxylic acid groups (broad SMARTS) is 1. The van der Waals surface area contributed by atoms with Crippen molar-refractivity contribution in [2.24, 2.45) is 11.5 Å². The lowest BCUT2D eigenvalue weighted by atomic mass is 9.99. The molecule has 0 aliphatic rings. The van der Waals surface area contributed by atoms with Gasteiger partial charge >= 0.3 is 5.97 Å². The van der Waals surface area contributed by atoms with Gasteiger partial charge < -0.3 is 48.1 Å². The maximum absolute atomic E-state index is 14.6. The first-order valence-corrected chi connectivity index (χ1v) is 22.5. The first-order valence-electron chi connectivity index (χ1n) is 22.5. The Kier molecular flexibility index (Phi) is 15.8. The van der Waals surface area contributed by atoms with Crippen molar-refractivity contribution in [3.63, 3.8) is 0 Å². The molecule has 350 valence electrons. The van der Waals surface area contributed by atoms with E-state index in [4.69, 9.17) is 11.5 Å². The number of unbranched alkanes of at least 4 members (excludes halogenated alkanes) is 1. The second-order valence-electron chi connectivity index (χ2n) is 16.9. The van der Waals surface area contributed by atoms with Crippen molar-refractivity contribution in [3.8, 4) is 0 Å². The smallest absolute Gasteiger partial charge is 0.335 e. The summed E-state index contributed by atoms with van der Waals surface area (Å²) in [6, 6.07) is 32.8. The quantitative estimate of drug-likeness (QED) is 0.0425. The van der Waals surface area contributed by atoms with Gasteiger partial charge in [0.05, 0.1) is 17.1 Å². The number of H-pyrrole nitrogens is 1. The van der Waals surface area contributed by atoms with Crippen LogP contribution < -0.4 is 38.1 Å². The molecule has 11 N–H and O–H groups in total. The first kappa shape index (κ1) is 47.8. The molecule has 68 heavy (non-hydrogen) atoms. The topological polar surface area (TPSA) is 264 Å². The van der Waals surface area contributed by atoms with Crippen LogP contribution in [0.1, 0.15) is 53.2 Å². The molecule has 5 aromatic carbocycles. The Bertz CT molecular complexity index is 2940. The van der Waals surface area contributed by atoms with Crippen molar-refractivity contribution in [2.75, 3.05) is 11.9 Å². The summed E-state index contributed by atoms with van der Waals surface area (Å²) in [4.78, 5) is 88.2. The molecule has 16 nitrogen and oxygen atoms in total. The number of amides is 5. The summed E-state index contributed by atoms with van der Waals surface area (Å²) in [5.41, 5.74) is 15.6. The number of nitrogens with zero attached hydrogens (tertiary/aromatic N) is 1. The van der Waals surface area contributed by atoms with E-state index in [9.17, 15) is 33.9 Å². The van der Waals surface area contributed by atoms with Crippen molar-refractivity contribution in [1.82, 2.24) is 31.2 Å². The number of pyridine rings is 1. The molecule has 0 unspecified atom stereocenters. The van der Waals surface area contributed by atoms with Gasteiger partial charge in [0.1, 0.15) is 30.0 Å². The van der Waals surface area contributed by atoms with Gasteiger partial charge in [0.25, 0.3) is 0 Å². The number of nitrogens with one attached hydrogen (secondary N) is 6. The standard InChI is InChI=1S/C52H55N9O7/c1-31(53)48(63)59-44(27-33-18-19-34-13-5-6-14-35(34)25-33)50(65)61-45(29-38-30-56-41-16-8-7-15-39(38)41)51(66)60-43(26-32-11-3-2-4-12-32)49(64)58-42(47(54)62)17-9-10-24-55-46-23-21-36-28-37(52(67)68)20-22-40(36)57-46/h2-8,11-16,18-23,25,28,30-31,42-45,56H,9-10,17,24,26-27,29,53H2,1H3,(H2,54,62)(H,55,57)(H,58,64)(H,59,63)(H,60,66)(H,61,65)(H,67,68)/t31-,42+,43-,44-,45+/m1/s1. The molecular weight excluding hydrogens is 863 g/mol. The van der Waals surface area contributed by atoms with Crippen LogP contribution in [0.5, 0.6) is 0 Å². The van der Waals surface area contributed by atoms with Crippen molar-refractivity contribution >= 4 is 73.9 Å². The lowest BCUT2D eigenvalue weighted by Gasteiger charge is -2.27. The molecule has 0 fully saturated rings. The van der Waals surface area contributed by atoms with Gasteiger partial charge in [-0.1, -0.05) is 91.0 Å². The maximum Gasteiger partial charge on any atom is 0.335 e. The Hall–Kier alpha value is -8.11. The zero-order chi connectivity index (χ0) is 48.2. The third kappa shape index (κ3) is 12.6. The summed E-state index contributed by atoms with van der Waals surface area (Å²) < 4.78 is 0. The van der Waals surface area contributed by atoms with Crippen LogP contribution in [0.15, 0.2) is 134 Å². The number of carbonyl (C=O) groups is 6. The third-order valence-electron chi connectivity index (χ3n) is 11.8. The molecule has 7 aromatic rings. The molecule has 5 amide bonds. The van der Waals surface area contributed by atoms with E-state index in [0.29, 0.717) is 36.1 Å². The molecule has 16 heteroatoms. The number of hydrogen-bond acceptors (Lipinski definition) is 9. The summed E-state index contributed by atoms with van der Waals surface area (Å²) >= 11 is 0. The van der Waals surface area contributed by atoms with E-state index in [1.807, 2.05) is 84.9 Å². The minimum absolute atomic E-state index is 0.0174. The molecular formula is C52H55N9O7. The van der Waals surface area contributed by atoms with Gasteiger partial charge in [-0.2, -0.15) is 0 Å². The summed E-state index contributed by atoms with van der Waals surface area (Å²) in [7, 11) is 0. The van der Waals surface area contributed by atoms with E-state index in [1.165, 1.54) is 13.0 Å². The van der Waals surface area contributed by atoms with Gasteiger partial charge in [0.15, 0.2) is 0 Å². The predicted octanol–water partition coefficient (Wildman–Crippen LogP) is 4.65. The summed E-state index contributed by atoms with van der Waals surface area (Å²) in [6.45, 7) is 2.00. The number of nitrogens with two attached hydrogens (primary N) is 2. The van der Waals surface area contributed by atoms with Crippen molar-refractivity contribution in [2.45, 2.75) is 75.7 Å². The molecule has 0 radical (unpaired) electrons. The molecule has 2 heterocycles. The summed E-state index contributed by atoms with van der Waals surface area (Å²) in [5.74, 6) is -3.68. The van der Waals surface area contributed by atoms with Gasteiger partial charge in [-0.15, -0.1) is 0 Å². The van der Waals surface area contributed by atoms with E-state index in [0.717, 1.165) is 38.4 Å². The monoisotopic (exact) mass is 917 g/mol. The number of hydrogen-bond donors (Lipinski definition) is 9. The van der Waals surface area contributed by atoms with Crippen LogP contribution in [0.3, 0.4) is 0 Å². The van der Waals surface area contributed by atoms with Gasteiger partial charge in [-0.05, 0) is 90.0 Å². The largest absolute Gasteiger partial charge is 0.478 e. The fraction of sp³-hybridized carbons (Fsp3) is 0.250. The zero-order valence-corrected chi connectivity index (χ0v) is 37.5. The summed E-state index contributed by atoms with van der Waals surface area (Å²) in [6.07, 6.45) is 3.21. The molecule has 7 rings (SSSR count). The molecule has 0 aliphatic carbocycles. The first-order chi connectivity index (χ1) is 32.8. The highest BCUT2D eigenvalue weighted by molar-refractivity contribution is 5.97. The Balaban J connectivity index is 1.07. The van der Waals surface area contributed by atoms with Crippen LogP contribution in [0.25, 0.3) is 32.6 Å². The highest BCUT2D eigenvalue weighted by Gasteiger charge is 2.32. The SMILES string of the molecule is C[C@@H](N)C(=O)N[C@H](Cc1ccc2ccccc2c1)C(=O)N[C@@H](Cc1c[nH]c2ccccc12)C(=O)N[C@H](Cc1ccccc1)C(=O)N[C@@H](CCCCNc1ccc2cc(C(=O)O)ccc2n1)C(N)=O. The highest BCUT2D eigenvalue weighted by Crippen LogP contribution is 2.21. The molecule has 0 bridgehead atoms. The number of primary amides is 1. The van der Waals surface area contributed by atoms with Crippen LogP contribution in [0.2, 0.25) is 0 Å². The van der Waals surface area contributed by atoms with Gasteiger partial charge in [-0.25, -0.2) is 9.78 Å². The van der Waals surface area contributed by atoms with Crippen LogP contribution in [-0.2, 0) is 43.2 Å². The average molecular weight is 918 g/mol. The minimum Gasteiger partial charge on any atom is -0.478 e. The van der Waals surface area contributed by atoms with Gasteiger partial charge in [-0.3, -0.25) is 24.0 Å². The van der Waals surface area contributed by atoms with E-state index >= 15 is 0 Å². The number of para-hydroxylation sites is 1. The number of aromatic nitrogens is 2. The van der Waals surface area contributed by atoms with Crippen LogP contribution in [0, 0.1) is 0 Å². The lowest BCUT2D eigenvalue weighted by molar-refractivity contribution is -0.134. The Morgan fingerprint density at radius 2 is 1.24 bits per heavy atom. The number of anilines is 1. The molecule has 0 spiro atoms. The van der Waals surface area contributed by atoms with E-state index in [2.05, 4.69) is 36.6 Å². The van der Waals surface area contributed by atoms with E-state index < -0.39 is 65.7 Å². The average Bonchev–Trinajstić information content (AvgIpc) is 3.75. The number of fused-ring (bicyclic) bond motifs is 3. The molecule has 0 saturated heterocycles. The summed E-state index contributed by atoms with van der Waals surface area (Å²) in [5, 5.41) is 27.3.